The summed E-state index contributed by atoms with van der Waals surface area (Å²) in [6, 6.07) is 8.49. The van der Waals surface area contributed by atoms with E-state index in [0.29, 0.717) is 6.04 Å². The van der Waals surface area contributed by atoms with E-state index in [4.69, 9.17) is 0 Å². The minimum absolute atomic E-state index is 0.159. The van der Waals surface area contributed by atoms with Gasteiger partial charge in [0, 0.05) is 23.8 Å². The van der Waals surface area contributed by atoms with E-state index < -0.39 is 0 Å². The summed E-state index contributed by atoms with van der Waals surface area (Å²) < 4.78 is 0. The van der Waals surface area contributed by atoms with E-state index in [2.05, 4.69) is 24.8 Å². The number of nitrogens with zero attached hydrogens (tertiary/aromatic N) is 1. The van der Waals surface area contributed by atoms with Crippen LogP contribution >= 0.6 is 0 Å². The van der Waals surface area contributed by atoms with Crippen LogP contribution in [0.3, 0.4) is 0 Å². The van der Waals surface area contributed by atoms with Gasteiger partial charge in [0.25, 0.3) is 0 Å². The molecular weight excluding hydrogens is 210 g/mol. The zero-order chi connectivity index (χ0) is 12.4. The minimum atomic E-state index is 0.159. The highest BCUT2D eigenvalue weighted by atomic mass is 16.1. The van der Waals surface area contributed by atoms with Gasteiger partial charge in [-0.25, -0.2) is 0 Å². The highest BCUT2D eigenvalue weighted by Gasteiger charge is 2.25. The molecule has 1 aromatic rings. The summed E-state index contributed by atoms with van der Waals surface area (Å²) in [7, 11) is 0. The SMILES string of the molecule is CC(=O)c1ccccc1N1CCC(C)CC1C. The van der Waals surface area contributed by atoms with Gasteiger partial charge in [-0.15, -0.1) is 0 Å². The van der Waals surface area contributed by atoms with E-state index in [1.54, 1.807) is 6.92 Å². The van der Waals surface area contributed by atoms with Crippen LogP contribution in [0.1, 0.15) is 44.0 Å². The summed E-state index contributed by atoms with van der Waals surface area (Å²) in [6.07, 6.45) is 2.43. The van der Waals surface area contributed by atoms with Crippen LogP contribution in [-0.4, -0.2) is 18.4 Å². The zero-order valence-corrected chi connectivity index (χ0v) is 10.9. The molecule has 17 heavy (non-hydrogen) atoms. The second kappa shape index (κ2) is 4.91. The standard InChI is InChI=1S/C15H21NO/c1-11-8-9-16(12(2)10-11)15-7-5-4-6-14(15)13(3)17/h4-7,11-12H,8-10H2,1-3H3. The average molecular weight is 231 g/mol. The maximum atomic E-state index is 11.7. The largest absolute Gasteiger partial charge is 0.368 e. The number of piperidine rings is 1. The molecule has 1 aliphatic heterocycles. The number of carbonyl (C=O) groups is 1. The van der Waals surface area contributed by atoms with Crippen molar-refractivity contribution >= 4 is 11.5 Å². The lowest BCUT2D eigenvalue weighted by Gasteiger charge is -2.39. The maximum Gasteiger partial charge on any atom is 0.161 e. The molecule has 1 aliphatic rings. The second-order valence-corrected chi connectivity index (χ2v) is 5.25. The Balaban J connectivity index is 2.30. The molecule has 0 N–H and O–H groups in total. The molecule has 2 unspecified atom stereocenters. The van der Waals surface area contributed by atoms with Gasteiger partial charge in [0.15, 0.2) is 5.78 Å². The van der Waals surface area contributed by atoms with Crippen molar-refractivity contribution in [1.82, 2.24) is 0 Å². The number of anilines is 1. The van der Waals surface area contributed by atoms with Crippen LogP contribution in [0.15, 0.2) is 24.3 Å². The predicted molar refractivity (Wildman–Crippen MR) is 71.7 cm³/mol. The number of hydrogen-bond acceptors (Lipinski definition) is 2. The van der Waals surface area contributed by atoms with Crippen LogP contribution in [0, 0.1) is 5.92 Å². The van der Waals surface area contributed by atoms with Crippen LogP contribution in [0.25, 0.3) is 0 Å². The van der Waals surface area contributed by atoms with Gasteiger partial charge in [0.2, 0.25) is 0 Å². The molecule has 0 bridgehead atoms. The number of benzene rings is 1. The molecule has 2 rings (SSSR count). The van der Waals surface area contributed by atoms with E-state index in [-0.39, 0.29) is 5.78 Å². The van der Waals surface area contributed by atoms with E-state index in [9.17, 15) is 4.79 Å². The molecule has 92 valence electrons. The smallest absolute Gasteiger partial charge is 0.161 e. The van der Waals surface area contributed by atoms with Crippen LogP contribution in [-0.2, 0) is 0 Å². The first kappa shape index (κ1) is 12.2. The first-order chi connectivity index (χ1) is 8.09. The van der Waals surface area contributed by atoms with Crippen molar-refractivity contribution in [2.75, 3.05) is 11.4 Å². The van der Waals surface area contributed by atoms with Crippen LogP contribution in [0.2, 0.25) is 0 Å². The third-order valence-electron chi connectivity index (χ3n) is 3.73. The molecule has 0 radical (unpaired) electrons. The van der Waals surface area contributed by atoms with Gasteiger partial charge in [-0.2, -0.15) is 0 Å². The molecule has 2 atom stereocenters. The molecule has 0 spiro atoms. The summed E-state index contributed by atoms with van der Waals surface area (Å²) in [5, 5.41) is 0. The normalized spacial score (nSPS) is 24.8. The van der Waals surface area contributed by atoms with Crippen molar-refractivity contribution < 1.29 is 4.79 Å². The summed E-state index contributed by atoms with van der Waals surface area (Å²) in [4.78, 5) is 14.0. The Morgan fingerprint density at radius 1 is 1.29 bits per heavy atom. The van der Waals surface area contributed by atoms with E-state index in [0.717, 1.165) is 23.7 Å². The number of hydrogen-bond donors (Lipinski definition) is 0. The molecule has 1 fully saturated rings. The van der Waals surface area contributed by atoms with Gasteiger partial charge in [-0.1, -0.05) is 19.1 Å². The number of para-hydroxylation sites is 1. The molecule has 1 aromatic carbocycles. The summed E-state index contributed by atoms with van der Waals surface area (Å²) in [5.41, 5.74) is 1.97. The lowest BCUT2D eigenvalue weighted by Crippen LogP contribution is -2.40. The molecule has 0 aliphatic carbocycles. The minimum Gasteiger partial charge on any atom is -0.368 e. The summed E-state index contributed by atoms with van der Waals surface area (Å²) in [6.45, 7) is 7.28. The molecule has 0 amide bonds. The van der Waals surface area contributed by atoms with Gasteiger partial charge in [0.1, 0.15) is 0 Å². The Morgan fingerprint density at radius 2 is 2.00 bits per heavy atom. The van der Waals surface area contributed by atoms with Crippen molar-refractivity contribution in [2.24, 2.45) is 5.92 Å². The number of carbonyl (C=O) groups excluding carboxylic acids is 1. The number of Topliss-reactive ketones (excluding diaryl/α,β-unsaturated/α-hetero) is 1. The molecule has 2 heteroatoms. The third kappa shape index (κ3) is 2.51. The van der Waals surface area contributed by atoms with Crippen molar-refractivity contribution in [3.05, 3.63) is 29.8 Å². The summed E-state index contributed by atoms with van der Waals surface area (Å²) in [5.74, 6) is 0.956. The Labute approximate surface area is 104 Å². The van der Waals surface area contributed by atoms with Crippen molar-refractivity contribution in [3.63, 3.8) is 0 Å². The zero-order valence-electron chi connectivity index (χ0n) is 10.9. The molecule has 1 saturated heterocycles. The number of rotatable bonds is 2. The van der Waals surface area contributed by atoms with Crippen molar-refractivity contribution in [3.8, 4) is 0 Å². The van der Waals surface area contributed by atoms with Gasteiger partial charge in [-0.05, 0) is 44.7 Å². The molecule has 0 aromatic heterocycles. The van der Waals surface area contributed by atoms with Crippen molar-refractivity contribution in [2.45, 2.75) is 39.7 Å². The van der Waals surface area contributed by atoms with Crippen LogP contribution in [0.5, 0.6) is 0 Å². The van der Waals surface area contributed by atoms with E-state index in [1.165, 1.54) is 12.8 Å². The Kier molecular flexibility index (Phi) is 3.51. The second-order valence-electron chi connectivity index (χ2n) is 5.25. The van der Waals surface area contributed by atoms with E-state index in [1.807, 2.05) is 18.2 Å². The fourth-order valence-corrected chi connectivity index (χ4v) is 2.79. The predicted octanol–water partition coefficient (Wildman–Crippen LogP) is 3.51. The van der Waals surface area contributed by atoms with Crippen LogP contribution < -0.4 is 4.90 Å². The molecular formula is C15H21NO. The quantitative estimate of drug-likeness (QED) is 0.726. The lowest BCUT2D eigenvalue weighted by atomic mass is 9.92. The van der Waals surface area contributed by atoms with Gasteiger partial charge in [-0.3, -0.25) is 4.79 Å². The van der Waals surface area contributed by atoms with Gasteiger partial charge in [0.05, 0.1) is 0 Å². The first-order valence-electron chi connectivity index (χ1n) is 6.46. The maximum absolute atomic E-state index is 11.7. The first-order valence-corrected chi connectivity index (χ1v) is 6.46. The van der Waals surface area contributed by atoms with Gasteiger partial charge < -0.3 is 4.90 Å². The fraction of sp³-hybridized carbons (Fsp3) is 0.533. The summed E-state index contributed by atoms with van der Waals surface area (Å²) >= 11 is 0. The molecule has 2 nitrogen and oxygen atoms in total. The Bertz CT molecular complexity index is 413. The average Bonchev–Trinajstić information content (AvgIpc) is 2.29. The Hall–Kier alpha value is -1.31. The Morgan fingerprint density at radius 3 is 2.65 bits per heavy atom. The monoisotopic (exact) mass is 231 g/mol. The lowest BCUT2D eigenvalue weighted by molar-refractivity contribution is 0.101. The van der Waals surface area contributed by atoms with Gasteiger partial charge >= 0.3 is 0 Å². The molecule has 1 heterocycles. The highest BCUT2D eigenvalue weighted by molar-refractivity contribution is 5.99. The van der Waals surface area contributed by atoms with Crippen LogP contribution in [0.4, 0.5) is 5.69 Å². The van der Waals surface area contributed by atoms with Crippen molar-refractivity contribution in [1.29, 1.82) is 0 Å². The highest BCUT2D eigenvalue weighted by Crippen LogP contribution is 2.30. The topological polar surface area (TPSA) is 20.3 Å². The molecule has 0 saturated carbocycles. The number of ketones is 1. The third-order valence-corrected chi connectivity index (χ3v) is 3.73. The fourth-order valence-electron chi connectivity index (χ4n) is 2.79. The van der Waals surface area contributed by atoms with E-state index >= 15 is 0 Å².